The molecule has 0 bridgehead atoms. The summed E-state index contributed by atoms with van der Waals surface area (Å²) in [4.78, 5) is 0. The van der Waals surface area contributed by atoms with Gasteiger partial charge in [0, 0.05) is 12.1 Å². The highest BCUT2D eigenvalue weighted by Crippen LogP contribution is 2.26. The molecular formula is C12H24N2O2S. The van der Waals surface area contributed by atoms with Gasteiger partial charge in [0.15, 0.2) is 0 Å². The SMILES string of the molecule is NC1CCCC(NS(=O)(=O)CC2CCCC2)C1. The number of hydrogen-bond donors (Lipinski definition) is 2. The molecule has 0 radical (unpaired) electrons. The van der Waals surface area contributed by atoms with Gasteiger partial charge in [-0.25, -0.2) is 13.1 Å². The van der Waals surface area contributed by atoms with Crippen molar-refractivity contribution in [1.29, 1.82) is 0 Å². The molecule has 0 aromatic carbocycles. The summed E-state index contributed by atoms with van der Waals surface area (Å²) < 4.78 is 26.9. The highest BCUT2D eigenvalue weighted by Gasteiger charge is 2.27. The Labute approximate surface area is 104 Å². The van der Waals surface area contributed by atoms with E-state index in [1.54, 1.807) is 0 Å². The minimum absolute atomic E-state index is 0.0742. The maximum Gasteiger partial charge on any atom is 0.212 e. The molecule has 2 aliphatic carbocycles. The molecule has 0 spiro atoms. The van der Waals surface area contributed by atoms with Gasteiger partial charge in [0.05, 0.1) is 5.75 Å². The third-order valence-corrected chi connectivity index (χ3v) is 5.59. The lowest BCUT2D eigenvalue weighted by Gasteiger charge is -2.27. The van der Waals surface area contributed by atoms with Gasteiger partial charge in [0.2, 0.25) is 10.0 Å². The van der Waals surface area contributed by atoms with Crippen LogP contribution in [0.3, 0.4) is 0 Å². The summed E-state index contributed by atoms with van der Waals surface area (Å²) in [5, 5.41) is 0. The number of sulfonamides is 1. The van der Waals surface area contributed by atoms with Crippen LogP contribution < -0.4 is 10.5 Å². The first kappa shape index (κ1) is 13.3. The van der Waals surface area contributed by atoms with Crippen LogP contribution in [0, 0.1) is 5.92 Å². The van der Waals surface area contributed by atoms with Gasteiger partial charge in [-0.15, -0.1) is 0 Å². The van der Waals surface area contributed by atoms with Crippen LogP contribution in [0.25, 0.3) is 0 Å². The quantitative estimate of drug-likeness (QED) is 0.802. The van der Waals surface area contributed by atoms with E-state index >= 15 is 0 Å². The van der Waals surface area contributed by atoms with Gasteiger partial charge in [-0.1, -0.05) is 19.3 Å². The van der Waals surface area contributed by atoms with Gasteiger partial charge in [-0.05, 0) is 38.0 Å². The Morgan fingerprint density at radius 1 is 1.06 bits per heavy atom. The van der Waals surface area contributed by atoms with Crippen LogP contribution in [0.2, 0.25) is 0 Å². The van der Waals surface area contributed by atoms with Gasteiger partial charge >= 0.3 is 0 Å². The van der Waals surface area contributed by atoms with Crippen molar-refractivity contribution in [3.8, 4) is 0 Å². The monoisotopic (exact) mass is 260 g/mol. The molecule has 2 rings (SSSR count). The summed E-state index contributed by atoms with van der Waals surface area (Å²) >= 11 is 0. The van der Waals surface area contributed by atoms with Crippen LogP contribution >= 0.6 is 0 Å². The molecule has 2 fully saturated rings. The maximum atomic E-state index is 12.0. The molecule has 0 aromatic heterocycles. The second-order valence-corrected chi connectivity index (χ2v) is 7.47. The first-order chi connectivity index (χ1) is 8.05. The zero-order valence-corrected chi connectivity index (χ0v) is 11.2. The van der Waals surface area contributed by atoms with Gasteiger partial charge in [0.1, 0.15) is 0 Å². The molecule has 0 aliphatic heterocycles. The Morgan fingerprint density at radius 2 is 1.76 bits per heavy atom. The van der Waals surface area contributed by atoms with Crippen molar-refractivity contribution < 1.29 is 8.42 Å². The number of nitrogens with one attached hydrogen (secondary N) is 1. The molecule has 4 nitrogen and oxygen atoms in total. The number of nitrogens with two attached hydrogens (primary N) is 1. The van der Waals surface area contributed by atoms with Crippen molar-refractivity contribution in [2.45, 2.75) is 63.5 Å². The van der Waals surface area contributed by atoms with E-state index in [1.807, 2.05) is 0 Å². The van der Waals surface area contributed by atoms with Gasteiger partial charge in [-0.3, -0.25) is 0 Å². The Morgan fingerprint density at radius 3 is 2.41 bits per heavy atom. The fraction of sp³-hybridized carbons (Fsp3) is 1.00. The van der Waals surface area contributed by atoms with E-state index in [-0.39, 0.29) is 12.1 Å². The molecule has 2 atom stereocenters. The molecule has 2 saturated carbocycles. The van der Waals surface area contributed by atoms with E-state index in [4.69, 9.17) is 5.73 Å². The zero-order valence-electron chi connectivity index (χ0n) is 10.4. The lowest BCUT2D eigenvalue weighted by atomic mass is 9.92. The second kappa shape index (κ2) is 5.67. The summed E-state index contributed by atoms with van der Waals surface area (Å²) in [5.41, 5.74) is 5.87. The van der Waals surface area contributed by atoms with E-state index < -0.39 is 10.0 Å². The molecule has 5 heteroatoms. The molecule has 2 aliphatic rings. The minimum atomic E-state index is -3.09. The van der Waals surface area contributed by atoms with E-state index in [9.17, 15) is 8.42 Å². The zero-order chi connectivity index (χ0) is 12.3. The van der Waals surface area contributed by atoms with Gasteiger partial charge in [0.25, 0.3) is 0 Å². The topological polar surface area (TPSA) is 72.2 Å². The van der Waals surface area contributed by atoms with Gasteiger partial charge in [-0.2, -0.15) is 0 Å². The second-order valence-electron chi connectivity index (χ2n) is 5.67. The van der Waals surface area contributed by atoms with E-state index in [0.717, 1.165) is 38.5 Å². The van der Waals surface area contributed by atoms with Gasteiger partial charge < -0.3 is 5.73 Å². The molecule has 0 saturated heterocycles. The summed E-state index contributed by atoms with van der Waals surface area (Å²) in [6, 6.07) is 0.244. The molecular weight excluding hydrogens is 236 g/mol. The summed E-state index contributed by atoms with van der Waals surface area (Å²) in [7, 11) is -3.09. The summed E-state index contributed by atoms with van der Waals surface area (Å²) in [5.74, 6) is 0.698. The minimum Gasteiger partial charge on any atom is -0.328 e. The molecule has 3 N–H and O–H groups in total. The molecule has 0 amide bonds. The molecule has 0 heterocycles. The lowest BCUT2D eigenvalue weighted by molar-refractivity contribution is 0.370. The van der Waals surface area contributed by atoms with Crippen molar-refractivity contribution in [2.75, 3.05) is 5.75 Å². The van der Waals surface area contributed by atoms with Crippen LogP contribution in [0.5, 0.6) is 0 Å². The van der Waals surface area contributed by atoms with Crippen molar-refractivity contribution in [3.63, 3.8) is 0 Å². The Kier molecular flexibility index (Phi) is 4.44. The first-order valence-corrected chi connectivity index (χ1v) is 8.46. The molecule has 0 aromatic rings. The fourth-order valence-corrected chi connectivity index (χ4v) is 4.90. The molecule has 100 valence electrons. The highest BCUT2D eigenvalue weighted by atomic mass is 32.2. The Balaban J connectivity index is 1.83. The van der Waals surface area contributed by atoms with Crippen molar-refractivity contribution in [2.24, 2.45) is 11.7 Å². The van der Waals surface area contributed by atoms with Crippen molar-refractivity contribution in [3.05, 3.63) is 0 Å². The summed E-state index contributed by atoms with van der Waals surface area (Å²) in [6.07, 6.45) is 8.33. The third-order valence-electron chi connectivity index (χ3n) is 3.99. The van der Waals surface area contributed by atoms with E-state index in [2.05, 4.69) is 4.72 Å². The molecule has 2 unspecified atom stereocenters. The fourth-order valence-electron chi connectivity index (χ4n) is 3.12. The number of rotatable bonds is 4. The predicted molar refractivity (Wildman–Crippen MR) is 69.1 cm³/mol. The van der Waals surface area contributed by atoms with Crippen LogP contribution in [-0.4, -0.2) is 26.3 Å². The molecule has 17 heavy (non-hydrogen) atoms. The highest BCUT2D eigenvalue weighted by molar-refractivity contribution is 7.89. The average Bonchev–Trinajstić information content (AvgIpc) is 2.68. The van der Waals surface area contributed by atoms with Crippen molar-refractivity contribution in [1.82, 2.24) is 4.72 Å². The summed E-state index contributed by atoms with van der Waals surface area (Å²) in [6.45, 7) is 0. The Bertz CT molecular complexity index is 336. The van der Waals surface area contributed by atoms with E-state index in [0.29, 0.717) is 11.7 Å². The number of hydrogen-bond acceptors (Lipinski definition) is 3. The van der Waals surface area contributed by atoms with Crippen LogP contribution in [-0.2, 0) is 10.0 Å². The van der Waals surface area contributed by atoms with E-state index in [1.165, 1.54) is 12.8 Å². The third kappa shape index (κ3) is 4.23. The maximum absolute atomic E-state index is 12.0. The normalized spacial score (nSPS) is 31.8. The van der Waals surface area contributed by atoms with Crippen LogP contribution in [0.15, 0.2) is 0 Å². The standard InChI is InChI=1S/C12H24N2O2S/c13-11-6-3-7-12(8-11)14-17(15,16)9-10-4-1-2-5-10/h10-12,14H,1-9,13H2. The average molecular weight is 260 g/mol. The lowest BCUT2D eigenvalue weighted by Crippen LogP contribution is -2.43. The van der Waals surface area contributed by atoms with Crippen LogP contribution in [0.4, 0.5) is 0 Å². The first-order valence-electron chi connectivity index (χ1n) is 6.81. The predicted octanol–water partition coefficient (Wildman–Crippen LogP) is 1.37. The Hall–Kier alpha value is -0.130. The van der Waals surface area contributed by atoms with Crippen molar-refractivity contribution >= 4 is 10.0 Å². The largest absolute Gasteiger partial charge is 0.328 e. The smallest absolute Gasteiger partial charge is 0.212 e. The van der Waals surface area contributed by atoms with Crippen LogP contribution in [0.1, 0.15) is 51.4 Å².